The summed E-state index contributed by atoms with van der Waals surface area (Å²) in [6.07, 6.45) is -1.14. The number of oxazole rings is 1. The number of esters is 1. The molecule has 0 radical (unpaired) electrons. The van der Waals surface area contributed by atoms with Crippen molar-refractivity contribution in [1.82, 2.24) is 15.6 Å². The predicted molar refractivity (Wildman–Crippen MR) is 220 cm³/mol. The highest BCUT2D eigenvalue weighted by molar-refractivity contribution is 7.99. The molecule has 1 aliphatic rings. The van der Waals surface area contributed by atoms with Gasteiger partial charge in [0.25, 0.3) is 5.22 Å². The van der Waals surface area contributed by atoms with E-state index in [1.807, 2.05) is 133 Å². The number of hydrogen-bond acceptors (Lipinski definition) is 9. The molecule has 10 nitrogen and oxygen atoms in total. The summed E-state index contributed by atoms with van der Waals surface area (Å²) in [6, 6.07) is 43.6. The van der Waals surface area contributed by atoms with Crippen LogP contribution >= 0.6 is 11.8 Å². The zero-order valence-electron chi connectivity index (χ0n) is 31.8. The number of aliphatic hydroxyl groups is 1. The highest BCUT2D eigenvalue weighted by atomic mass is 32.2. The van der Waals surface area contributed by atoms with E-state index in [0.29, 0.717) is 11.0 Å². The van der Waals surface area contributed by atoms with Gasteiger partial charge in [0.2, 0.25) is 0 Å². The first-order valence-corrected chi connectivity index (χ1v) is 20.0. The first-order valence-electron chi connectivity index (χ1n) is 19.0. The Balaban J connectivity index is 1.08. The lowest BCUT2D eigenvalue weighted by atomic mass is 9.91. The molecule has 3 N–H and O–H groups in total. The summed E-state index contributed by atoms with van der Waals surface area (Å²) in [4.78, 5) is 28.7. The summed E-state index contributed by atoms with van der Waals surface area (Å²) in [5, 5.41) is 15.5. The topological polar surface area (TPSA) is 132 Å². The molecule has 292 valence electrons. The van der Waals surface area contributed by atoms with Gasteiger partial charge in [-0.2, -0.15) is 0 Å². The molecule has 11 heteroatoms. The van der Waals surface area contributed by atoms with Crippen LogP contribution in [0.2, 0.25) is 0 Å². The number of rotatable bonds is 14. The van der Waals surface area contributed by atoms with E-state index in [9.17, 15) is 14.7 Å². The van der Waals surface area contributed by atoms with Gasteiger partial charge >= 0.3 is 12.0 Å². The van der Waals surface area contributed by atoms with Crippen molar-refractivity contribution in [3.8, 4) is 33.7 Å². The molecule has 1 fully saturated rings. The van der Waals surface area contributed by atoms with Gasteiger partial charge in [0.15, 0.2) is 12.1 Å². The van der Waals surface area contributed by atoms with Gasteiger partial charge in [-0.15, -0.1) is 0 Å². The molecular weight excluding hydrogens is 739 g/mol. The molecule has 2 amide bonds. The van der Waals surface area contributed by atoms with E-state index in [0.717, 1.165) is 56.0 Å². The Bertz CT molecular complexity index is 2170. The monoisotopic (exact) mass is 783 g/mol. The van der Waals surface area contributed by atoms with Crippen molar-refractivity contribution in [3.05, 3.63) is 156 Å². The molecule has 0 spiro atoms. The quantitative estimate of drug-likeness (QED) is 0.0731. The second-order valence-electron chi connectivity index (χ2n) is 13.7. The van der Waals surface area contributed by atoms with E-state index in [1.54, 1.807) is 6.92 Å². The van der Waals surface area contributed by atoms with Crippen LogP contribution in [0.3, 0.4) is 0 Å². The van der Waals surface area contributed by atoms with E-state index in [4.69, 9.17) is 23.6 Å². The van der Waals surface area contributed by atoms with Crippen molar-refractivity contribution in [3.63, 3.8) is 0 Å². The fourth-order valence-electron chi connectivity index (χ4n) is 6.71. The van der Waals surface area contributed by atoms with Gasteiger partial charge in [-0.1, -0.05) is 146 Å². The fourth-order valence-corrected chi connectivity index (χ4v) is 7.69. The van der Waals surface area contributed by atoms with Crippen LogP contribution in [0.4, 0.5) is 4.79 Å². The second kappa shape index (κ2) is 18.9. The predicted octanol–water partition coefficient (Wildman–Crippen LogP) is 9.11. The van der Waals surface area contributed by atoms with Crippen molar-refractivity contribution in [2.45, 2.75) is 50.7 Å². The van der Waals surface area contributed by atoms with Crippen LogP contribution < -0.4 is 10.6 Å². The van der Waals surface area contributed by atoms with Crippen molar-refractivity contribution in [1.29, 1.82) is 0 Å². The molecular formula is C46H45N3O7S. The lowest BCUT2D eigenvalue weighted by Crippen LogP contribution is -2.38. The summed E-state index contributed by atoms with van der Waals surface area (Å²) < 4.78 is 24.8. The van der Waals surface area contributed by atoms with Crippen molar-refractivity contribution in [2.75, 3.05) is 18.9 Å². The van der Waals surface area contributed by atoms with E-state index in [2.05, 4.69) is 17.6 Å². The number of carbonyl (C=O) groups is 2. The average molecular weight is 784 g/mol. The van der Waals surface area contributed by atoms with Crippen LogP contribution in [0.25, 0.3) is 33.7 Å². The molecule has 0 bridgehead atoms. The number of thioether (sulfide) groups is 1. The number of hydrogen-bond donors (Lipinski definition) is 3. The van der Waals surface area contributed by atoms with E-state index < -0.39 is 18.3 Å². The third-order valence-electron chi connectivity index (χ3n) is 9.78. The summed E-state index contributed by atoms with van der Waals surface area (Å²) in [5.74, 6) is 0.798. The highest BCUT2D eigenvalue weighted by Gasteiger charge is 2.38. The van der Waals surface area contributed by atoms with E-state index >= 15 is 0 Å². The molecule has 6 aromatic rings. The van der Waals surface area contributed by atoms with Crippen LogP contribution in [-0.4, -0.2) is 47.1 Å². The van der Waals surface area contributed by atoms with Crippen LogP contribution in [0.5, 0.6) is 0 Å². The number of benzene rings is 5. The zero-order chi connectivity index (χ0) is 39.6. The van der Waals surface area contributed by atoms with Gasteiger partial charge in [0.05, 0.1) is 25.4 Å². The summed E-state index contributed by atoms with van der Waals surface area (Å²) in [7, 11) is 0. The Morgan fingerprint density at radius 2 is 1.44 bits per heavy atom. The molecule has 57 heavy (non-hydrogen) atoms. The molecule has 5 aromatic carbocycles. The zero-order valence-corrected chi connectivity index (χ0v) is 32.6. The van der Waals surface area contributed by atoms with E-state index in [-0.39, 0.29) is 44.4 Å². The SMILES string of the molecule is CCOC(=O)CNC(=O)NCc1cccc(-c2ccc(C3OC(CSc4nc(-c5ccccc5)c(-c5ccccc5)o4)C(C)C(c4ccc(CO)cc4)O3)cc2)c1. The fraction of sp³-hybridized carbons (Fsp3) is 0.239. The smallest absolute Gasteiger partial charge is 0.325 e. The Labute approximate surface area is 336 Å². The normalized spacial score (nSPS) is 17.8. The molecule has 1 saturated heterocycles. The van der Waals surface area contributed by atoms with Gasteiger partial charge in [-0.05, 0) is 40.8 Å². The van der Waals surface area contributed by atoms with Crippen molar-refractivity contribution >= 4 is 23.8 Å². The summed E-state index contributed by atoms with van der Waals surface area (Å²) in [5.41, 5.74) is 8.34. The third-order valence-corrected chi connectivity index (χ3v) is 10.7. The maximum Gasteiger partial charge on any atom is 0.325 e. The highest BCUT2D eigenvalue weighted by Crippen LogP contribution is 2.44. The molecule has 1 aromatic heterocycles. The van der Waals surface area contributed by atoms with Gasteiger partial charge in [0.1, 0.15) is 12.2 Å². The number of urea groups is 1. The number of carbonyl (C=O) groups excluding carboxylic acids is 2. The number of nitrogens with one attached hydrogen (secondary N) is 2. The summed E-state index contributed by atoms with van der Waals surface area (Å²) in [6.45, 7) is 4.18. The molecule has 4 atom stereocenters. The van der Waals surface area contributed by atoms with Gasteiger partial charge in [0, 0.05) is 34.9 Å². The Kier molecular flexibility index (Phi) is 13.1. The Morgan fingerprint density at radius 3 is 2.14 bits per heavy atom. The van der Waals surface area contributed by atoms with Gasteiger partial charge in [-0.3, -0.25) is 4.79 Å². The second-order valence-corrected chi connectivity index (χ2v) is 14.7. The maximum absolute atomic E-state index is 12.2. The first-order chi connectivity index (χ1) is 27.9. The molecule has 0 aliphatic carbocycles. The average Bonchev–Trinajstić information content (AvgIpc) is 3.70. The molecule has 2 heterocycles. The number of ether oxygens (including phenoxy) is 3. The minimum absolute atomic E-state index is 0.0197. The van der Waals surface area contributed by atoms with Gasteiger partial charge < -0.3 is 34.4 Å². The number of nitrogens with zero attached hydrogens (tertiary/aromatic N) is 1. The van der Waals surface area contributed by atoms with Crippen LogP contribution in [0.1, 0.15) is 48.5 Å². The van der Waals surface area contributed by atoms with Gasteiger partial charge in [-0.25, -0.2) is 9.78 Å². The summed E-state index contributed by atoms with van der Waals surface area (Å²) >= 11 is 1.53. The van der Waals surface area contributed by atoms with Crippen molar-refractivity contribution < 1.29 is 33.3 Å². The largest absolute Gasteiger partial charge is 0.465 e. The molecule has 4 unspecified atom stereocenters. The lowest BCUT2D eigenvalue weighted by molar-refractivity contribution is -0.268. The Morgan fingerprint density at radius 1 is 0.754 bits per heavy atom. The minimum Gasteiger partial charge on any atom is -0.465 e. The molecule has 7 rings (SSSR count). The number of amides is 2. The molecule has 1 aliphatic heterocycles. The van der Waals surface area contributed by atoms with Crippen LogP contribution in [0, 0.1) is 5.92 Å². The van der Waals surface area contributed by atoms with Crippen molar-refractivity contribution in [2.24, 2.45) is 5.92 Å². The van der Waals surface area contributed by atoms with Crippen LogP contribution in [-0.2, 0) is 32.2 Å². The number of aliphatic hydroxyl groups excluding tert-OH is 1. The Hall–Kier alpha value is -5.72. The molecule has 0 saturated carbocycles. The lowest BCUT2D eigenvalue weighted by Gasteiger charge is -2.41. The standard InChI is InChI=1S/C46H45N3O7S/c1-3-53-40(51)27-48-45(52)47-26-32-11-10-16-38(25-32)33-21-23-37(24-22-33)44-54-39(30(2)42(55-44)36-19-17-31(28-50)18-20-36)29-57-46-49-41(34-12-6-4-7-13-34)43(56-46)35-14-8-5-9-15-35/h4-25,30,39,42,44,50H,3,26-29H2,1-2H3,(H2,47,48,52). The third kappa shape index (κ3) is 10.00. The van der Waals surface area contributed by atoms with Crippen LogP contribution in [0.15, 0.2) is 143 Å². The number of aromatic nitrogens is 1. The first kappa shape index (κ1) is 39.5. The maximum atomic E-state index is 12.2. The van der Waals surface area contributed by atoms with E-state index in [1.165, 1.54) is 11.8 Å². The minimum atomic E-state index is -0.642.